The van der Waals surface area contributed by atoms with Crippen molar-refractivity contribution in [2.24, 2.45) is 5.41 Å². The second kappa shape index (κ2) is 6.34. The number of aliphatic hydroxyl groups is 1. The lowest BCUT2D eigenvalue weighted by Gasteiger charge is -2.22. The molecule has 6 heteroatoms. The summed E-state index contributed by atoms with van der Waals surface area (Å²) in [6.45, 7) is 9.67. The van der Waals surface area contributed by atoms with Crippen molar-refractivity contribution in [3.63, 3.8) is 0 Å². The molecule has 21 heavy (non-hydrogen) atoms. The van der Waals surface area contributed by atoms with Gasteiger partial charge in [-0.2, -0.15) is 0 Å². The molecule has 0 radical (unpaired) electrons. The fourth-order valence-corrected chi connectivity index (χ4v) is 3.38. The lowest BCUT2D eigenvalue weighted by atomic mass is 9.89. The molecular formula is C15H26N2O3S. The second-order valence-corrected chi connectivity index (χ2v) is 8.48. The minimum atomic E-state index is -3.72. The maximum Gasteiger partial charge on any atom is 0.242 e. The molecule has 0 aliphatic rings. The van der Waals surface area contributed by atoms with Crippen molar-refractivity contribution in [3.8, 4) is 0 Å². The number of aliphatic hydroxyl groups excluding tert-OH is 1. The van der Waals surface area contributed by atoms with Crippen LogP contribution in [0.1, 0.15) is 38.3 Å². The van der Waals surface area contributed by atoms with Crippen molar-refractivity contribution in [1.29, 1.82) is 0 Å². The Balaban J connectivity index is 2.86. The van der Waals surface area contributed by atoms with Crippen LogP contribution in [0.2, 0.25) is 0 Å². The number of nitrogens with two attached hydrogens (primary N) is 1. The lowest BCUT2D eigenvalue weighted by molar-refractivity contribution is 0.125. The third kappa shape index (κ3) is 5.30. The summed E-state index contributed by atoms with van der Waals surface area (Å²) in [5, 5.41) is 9.90. The van der Waals surface area contributed by atoms with Gasteiger partial charge in [0.15, 0.2) is 0 Å². The van der Waals surface area contributed by atoms with Gasteiger partial charge in [-0.3, -0.25) is 0 Å². The first-order valence-electron chi connectivity index (χ1n) is 6.97. The number of sulfonamides is 1. The quantitative estimate of drug-likeness (QED) is 0.724. The first kappa shape index (κ1) is 17.9. The molecule has 0 bridgehead atoms. The molecule has 5 nitrogen and oxygen atoms in total. The van der Waals surface area contributed by atoms with E-state index >= 15 is 0 Å². The zero-order valence-corrected chi connectivity index (χ0v) is 14.2. The number of anilines is 1. The zero-order chi connectivity index (χ0) is 16.4. The van der Waals surface area contributed by atoms with Gasteiger partial charge in [0.05, 0.1) is 11.8 Å². The Morgan fingerprint density at radius 2 is 1.76 bits per heavy atom. The van der Waals surface area contributed by atoms with Gasteiger partial charge in [0.1, 0.15) is 4.90 Å². The van der Waals surface area contributed by atoms with Crippen LogP contribution in [0.5, 0.6) is 0 Å². The van der Waals surface area contributed by atoms with E-state index in [1.165, 1.54) is 0 Å². The van der Waals surface area contributed by atoms with E-state index < -0.39 is 16.1 Å². The van der Waals surface area contributed by atoms with Gasteiger partial charge in [0.2, 0.25) is 10.0 Å². The van der Waals surface area contributed by atoms with E-state index in [1.807, 2.05) is 34.6 Å². The smallest absolute Gasteiger partial charge is 0.242 e. The van der Waals surface area contributed by atoms with Gasteiger partial charge in [0, 0.05) is 6.54 Å². The van der Waals surface area contributed by atoms with Crippen LogP contribution in [0, 0.1) is 19.3 Å². The number of aryl methyl sites for hydroxylation is 2. The summed E-state index contributed by atoms with van der Waals surface area (Å²) in [6.07, 6.45) is -0.217. The second-order valence-electron chi connectivity index (χ2n) is 6.74. The highest BCUT2D eigenvalue weighted by atomic mass is 32.2. The van der Waals surface area contributed by atoms with Crippen LogP contribution in [-0.2, 0) is 10.0 Å². The molecule has 120 valence electrons. The van der Waals surface area contributed by atoms with Crippen LogP contribution >= 0.6 is 0 Å². The highest BCUT2D eigenvalue weighted by Gasteiger charge is 2.22. The minimum Gasteiger partial charge on any atom is -0.398 e. The summed E-state index contributed by atoms with van der Waals surface area (Å²) in [5.74, 6) is 0. The zero-order valence-electron chi connectivity index (χ0n) is 13.4. The topological polar surface area (TPSA) is 92.4 Å². The molecule has 0 saturated heterocycles. The number of rotatable bonds is 5. The third-order valence-corrected chi connectivity index (χ3v) is 4.75. The van der Waals surface area contributed by atoms with Crippen molar-refractivity contribution >= 4 is 15.7 Å². The molecule has 0 fully saturated rings. The average molecular weight is 314 g/mol. The summed E-state index contributed by atoms with van der Waals surface area (Å²) >= 11 is 0. The molecule has 1 unspecified atom stereocenters. The Morgan fingerprint density at radius 3 is 2.29 bits per heavy atom. The SMILES string of the molecule is Cc1cc(N)c(S(=O)(=O)NCC(O)CC(C)(C)C)cc1C. The van der Waals surface area contributed by atoms with Crippen molar-refractivity contribution < 1.29 is 13.5 Å². The number of hydrogen-bond donors (Lipinski definition) is 3. The monoisotopic (exact) mass is 314 g/mol. The van der Waals surface area contributed by atoms with Crippen LogP contribution in [0.25, 0.3) is 0 Å². The molecule has 0 heterocycles. The van der Waals surface area contributed by atoms with E-state index in [0.717, 1.165) is 11.1 Å². The van der Waals surface area contributed by atoms with Gasteiger partial charge < -0.3 is 10.8 Å². The van der Waals surface area contributed by atoms with Gasteiger partial charge in [0.25, 0.3) is 0 Å². The summed E-state index contributed by atoms with van der Waals surface area (Å²) in [6, 6.07) is 3.21. The van der Waals surface area contributed by atoms with Gasteiger partial charge in [-0.05, 0) is 48.9 Å². The molecule has 0 aliphatic heterocycles. The Hall–Kier alpha value is -1.11. The average Bonchev–Trinajstić information content (AvgIpc) is 2.29. The minimum absolute atomic E-state index is 0.0219. The molecule has 4 N–H and O–H groups in total. The normalized spacial score (nSPS) is 14.2. The molecule has 0 aromatic heterocycles. The fraction of sp³-hybridized carbons (Fsp3) is 0.600. The van der Waals surface area contributed by atoms with Crippen molar-refractivity contribution in [3.05, 3.63) is 23.3 Å². The summed E-state index contributed by atoms with van der Waals surface area (Å²) in [7, 11) is -3.72. The van der Waals surface area contributed by atoms with Crippen LogP contribution in [0.4, 0.5) is 5.69 Å². The van der Waals surface area contributed by atoms with Gasteiger partial charge >= 0.3 is 0 Å². The molecular weight excluding hydrogens is 288 g/mol. The largest absolute Gasteiger partial charge is 0.398 e. The highest BCUT2D eigenvalue weighted by Crippen LogP contribution is 2.23. The lowest BCUT2D eigenvalue weighted by Crippen LogP contribution is -2.34. The van der Waals surface area contributed by atoms with Crippen LogP contribution in [0.15, 0.2) is 17.0 Å². The molecule has 1 aromatic carbocycles. The molecule has 0 spiro atoms. The fourth-order valence-electron chi connectivity index (χ4n) is 2.11. The Morgan fingerprint density at radius 1 is 1.24 bits per heavy atom. The standard InChI is InChI=1S/C15H26N2O3S/c1-10-6-13(16)14(7-11(10)2)21(19,20)17-9-12(18)8-15(3,4)5/h6-7,12,17-18H,8-9,16H2,1-5H3. The van der Waals surface area contributed by atoms with E-state index in [1.54, 1.807) is 12.1 Å². The first-order valence-corrected chi connectivity index (χ1v) is 8.45. The van der Waals surface area contributed by atoms with Gasteiger partial charge in [-0.25, -0.2) is 13.1 Å². The number of benzene rings is 1. The molecule has 0 amide bonds. The summed E-state index contributed by atoms with van der Waals surface area (Å²) < 4.78 is 27.0. The Kier molecular flexibility index (Phi) is 5.41. The summed E-state index contributed by atoms with van der Waals surface area (Å²) in [4.78, 5) is 0.0635. The number of nitrogen functional groups attached to an aromatic ring is 1. The van der Waals surface area contributed by atoms with Crippen LogP contribution in [0.3, 0.4) is 0 Å². The van der Waals surface area contributed by atoms with E-state index in [4.69, 9.17) is 5.73 Å². The van der Waals surface area contributed by atoms with E-state index in [-0.39, 0.29) is 22.5 Å². The number of hydrogen-bond acceptors (Lipinski definition) is 4. The van der Waals surface area contributed by atoms with Gasteiger partial charge in [-0.15, -0.1) is 0 Å². The maximum atomic E-state index is 12.3. The van der Waals surface area contributed by atoms with Gasteiger partial charge in [-0.1, -0.05) is 20.8 Å². The molecule has 0 aliphatic carbocycles. The third-order valence-electron chi connectivity index (χ3n) is 3.27. The highest BCUT2D eigenvalue weighted by molar-refractivity contribution is 7.89. The van der Waals surface area contributed by atoms with E-state index in [0.29, 0.717) is 6.42 Å². The van der Waals surface area contributed by atoms with Crippen molar-refractivity contribution in [1.82, 2.24) is 4.72 Å². The molecule has 1 rings (SSSR count). The Bertz CT molecular complexity index is 604. The van der Waals surface area contributed by atoms with E-state index in [2.05, 4.69) is 4.72 Å². The molecule has 0 saturated carbocycles. The summed E-state index contributed by atoms with van der Waals surface area (Å²) in [5.41, 5.74) is 7.76. The van der Waals surface area contributed by atoms with Crippen molar-refractivity contribution in [2.75, 3.05) is 12.3 Å². The predicted molar refractivity (Wildman–Crippen MR) is 85.6 cm³/mol. The first-order chi connectivity index (χ1) is 9.42. The predicted octanol–water partition coefficient (Wildman–Crippen LogP) is 1.96. The Labute approximate surface area is 127 Å². The maximum absolute atomic E-state index is 12.3. The van der Waals surface area contributed by atoms with Crippen LogP contribution < -0.4 is 10.5 Å². The molecule has 1 atom stereocenters. The molecule has 1 aromatic rings. The van der Waals surface area contributed by atoms with Crippen LogP contribution in [-0.4, -0.2) is 26.2 Å². The van der Waals surface area contributed by atoms with Crippen molar-refractivity contribution in [2.45, 2.75) is 52.0 Å². The van der Waals surface area contributed by atoms with E-state index in [9.17, 15) is 13.5 Å². The number of nitrogens with one attached hydrogen (secondary N) is 1.